The van der Waals surface area contributed by atoms with E-state index in [9.17, 15) is 4.79 Å². The van der Waals surface area contributed by atoms with Crippen LogP contribution in [0.3, 0.4) is 0 Å². The normalized spacial score (nSPS) is 29.7. The van der Waals surface area contributed by atoms with Crippen LogP contribution >= 0.6 is 0 Å². The molecule has 1 aliphatic carbocycles. The van der Waals surface area contributed by atoms with E-state index in [4.69, 9.17) is 12.2 Å². The Kier molecular flexibility index (Phi) is 1.81. The van der Waals surface area contributed by atoms with Gasteiger partial charge in [0.25, 0.3) is 5.56 Å². The van der Waals surface area contributed by atoms with Crippen molar-refractivity contribution in [1.29, 1.82) is 2.86 Å². The van der Waals surface area contributed by atoms with E-state index in [1.165, 1.54) is 6.33 Å². The van der Waals surface area contributed by atoms with Crippen LogP contribution in [0.15, 0.2) is 23.3 Å². The van der Waals surface area contributed by atoms with Crippen LogP contribution in [-0.2, 0) is 0 Å². The van der Waals surface area contributed by atoms with E-state index >= 15 is 0 Å². The lowest BCUT2D eigenvalue weighted by Gasteiger charge is -2.15. The molecule has 1 aliphatic rings. The SMILES string of the molecule is [2H]OC[C@H]1C(=C)[C@@H](n2cnc3c(=O)n([2H])c(N([2H])[2H])nc32)C[C@@H]1O[2H]. The van der Waals surface area contributed by atoms with Crippen LogP contribution in [0.2, 0.25) is 4.24 Å². The minimum absolute atomic E-state index is 0.0108. The summed E-state index contributed by atoms with van der Waals surface area (Å²) in [5.41, 5.74) is -0.0598. The summed E-state index contributed by atoms with van der Waals surface area (Å²) in [6.07, 6.45) is 1.16. The molecule has 0 amide bonds. The van der Waals surface area contributed by atoms with Crippen molar-refractivity contribution in [3.8, 4) is 0 Å². The van der Waals surface area contributed by atoms with Gasteiger partial charge in [-0.05, 0) is 12.0 Å². The van der Waals surface area contributed by atoms with Gasteiger partial charge >= 0.3 is 0 Å². The van der Waals surface area contributed by atoms with Crippen molar-refractivity contribution >= 4 is 17.1 Å². The zero-order valence-electron chi connectivity index (χ0n) is 15.4. The number of nitrogens with two attached hydrogens (primary N) is 1. The van der Waals surface area contributed by atoms with E-state index in [2.05, 4.69) is 21.7 Å². The van der Waals surface area contributed by atoms with Crippen molar-refractivity contribution in [3.63, 3.8) is 0 Å². The van der Waals surface area contributed by atoms with Gasteiger partial charge in [0.1, 0.15) is 0 Å². The molecule has 0 unspecified atom stereocenters. The summed E-state index contributed by atoms with van der Waals surface area (Å²) in [6.45, 7) is 4.00. The first-order valence-corrected chi connectivity index (χ1v) is 6.06. The molecule has 20 heavy (non-hydrogen) atoms. The van der Waals surface area contributed by atoms with E-state index < -0.39 is 23.7 Å². The molecular weight excluding hydrogens is 262 g/mol. The van der Waals surface area contributed by atoms with Gasteiger partial charge in [-0.15, -0.1) is 0 Å². The second kappa shape index (κ2) is 4.43. The molecule has 2 aromatic rings. The molecule has 1 saturated carbocycles. The standard InChI is InChI=1S/C12H15N5O3/c1-5-6(3-18)8(19)2-7(5)17-4-14-9-10(17)15-12(13)16-11(9)20/h4,6-8,18-19H,1-3H2,(H3,13,15,16,20)/t6-,7-,8-/m0/s1/i18D,19D/hD3. The minimum atomic E-state index is -0.800. The number of hydrogen-bond donors (Lipinski definition) is 4. The van der Waals surface area contributed by atoms with E-state index in [1.54, 1.807) is 4.57 Å². The van der Waals surface area contributed by atoms with E-state index in [1.807, 2.05) is 0 Å². The quantitative estimate of drug-likeness (QED) is 0.530. The Morgan fingerprint density at radius 1 is 1.80 bits per heavy atom. The summed E-state index contributed by atoms with van der Waals surface area (Å²) in [4.78, 5) is 20.5. The van der Waals surface area contributed by atoms with Crippen LogP contribution in [0.4, 0.5) is 5.95 Å². The molecule has 2 heterocycles. The molecule has 0 radical (unpaired) electrons. The lowest BCUT2D eigenvalue weighted by Crippen LogP contribution is -2.17. The van der Waals surface area contributed by atoms with Gasteiger partial charge in [0.2, 0.25) is 8.81 Å². The Morgan fingerprint density at radius 3 is 3.45 bits per heavy atom. The van der Waals surface area contributed by atoms with Crippen molar-refractivity contribution in [1.82, 2.24) is 19.5 Å². The zero-order chi connectivity index (χ0) is 18.3. The molecule has 0 spiro atoms. The maximum Gasteiger partial charge on any atom is 0.280 e. The molecule has 8 nitrogen and oxygen atoms in total. The summed E-state index contributed by atoms with van der Waals surface area (Å²) in [6, 6.07) is -0.410. The van der Waals surface area contributed by atoms with Gasteiger partial charge in [-0.1, -0.05) is 6.58 Å². The highest BCUT2D eigenvalue weighted by Gasteiger charge is 2.37. The maximum atomic E-state index is 12.2. The Hall–Kier alpha value is -2.19. The van der Waals surface area contributed by atoms with Crippen molar-refractivity contribution in [2.75, 3.05) is 12.3 Å². The van der Waals surface area contributed by atoms with Crippen LogP contribution < -0.4 is 11.3 Å². The lowest BCUT2D eigenvalue weighted by atomic mass is 10.0. The number of H-pyrrole nitrogens is 1. The molecule has 0 aliphatic heterocycles. The van der Waals surface area contributed by atoms with Crippen LogP contribution in [0.5, 0.6) is 0 Å². The summed E-state index contributed by atoms with van der Waals surface area (Å²) < 4.78 is 37.8. The number of fused-ring (bicyclic) bond motifs is 1. The van der Waals surface area contributed by atoms with Gasteiger partial charge in [-0.25, -0.2) is 4.98 Å². The highest BCUT2D eigenvalue weighted by atomic mass is 16.3. The van der Waals surface area contributed by atoms with E-state index in [-0.39, 0.29) is 29.4 Å². The first-order valence-electron chi connectivity index (χ1n) is 8.22. The second-order valence-corrected chi connectivity index (χ2v) is 4.79. The number of imidazole rings is 1. The second-order valence-electron chi connectivity index (χ2n) is 4.79. The van der Waals surface area contributed by atoms with Gasteiger partial charge < -0.3 is 20.5 Å². The average Bonchev–Trinajstić information content (AvgIpc) is 3.13. The number of aliphatic hydroxyl groups is 2. The highest BCUT2D eigenvalue weighted by Crippen LogP contribution is 2.39. The number of anilines is 1. The molecule has 1 fully saturated rings. The van der Waals surface area contributed by atoms with E-state index in [0.29, 0.717) is 17.0 Å². The smallest absolute Gasteiger partial charge is 0.280 e. The Balaban J connectivity index is 2.11. The largest absolute Gasteiger partial charge is 0.396 e. The molecule has 3 atom stereocenters. The summed E-state index contributed by atoms with van der Waals surface area (Å²) in [5.74, 6) is -0.862. The van der Waals surface area contributed by atoms with Gasteiger partial charge in [-0.3, -0.25) is 9.77 Å². The summed E-state index contributed by atoms with van der Waals surface area (Å²) in [7, 11) is 0. The number of nitrogens with zero attached hydrogens (tertiary/aromatic N) is 3. The fourth-order valence-corrected chi connectivity index (χ4v) is 2.64. The van der Waals surface area contributed by atoms with Crippen LogP contribution in [-0.4, -0.2) is 45.3 Å². The van der Waals surface area contributed by atoms with Gasteiger partial charge in [0.05, 0.1) is 25.1 Å². The molecule has 2 aromatic heterocycles. The fraction of sp³-hybridized carbons (Fsp3) is 0.417. The van der Waals surface area contributed by atoms with Gasteiger partial charge in [-0.2, -0.15) is 4.98 Å². The summed E-state index contributed by atoms with van der Waals surface area (Å²) in [5, 5.41) is 9.12. The van der Waals surface area contributed by atoms with Gasteiger partial charge in [0.15, 0.2) is 15.4 Å². The zero-order valence-corrected chi connectivity index (χ0v) is 10.4. The molecule has 5 N–H and O–H groups in total. The van der Waals surface area contributed by atoms with Crippen molar-refractivity contribution < 1.29 is 14.5 Å². The van der Waals surface area contributed by atoms with Crippen molar-refractivity contribution in [3.05, 3.63) is 28.8 Å². The first-order chi connectivity index (χ1) is 11.9. The van der Waals surface area contributed by atoms with Crippen molar-refractivity contribution in [2.24, 2.45) is 5.92 Å². The minimum Gasteiger partial charge on any atom is -0.396 e. The number of aliphatic hydroxyl groups excluding tert-OH is 2. The molecular formula is C12H15N5O3. The van der Waals surface area contributed by atoms with Crippen LogP contribution in [0, 0.1) is 5.92 Å². The Bertz CT molecular complexity index is 869. The van der Waals surface area contributed by atoms with Gasteiger partial charge in [0, 0.05) is 5.92 Å². The average molecular weight is 282 g/mol. The van der Waals surface area contributed by atoms with Crippen LogP contribution in [0.25, 0.3) is 11.2 Å². The number of nitrogen functional groups attached to an aromatic ring is 1. The third-order valence-electron chi connectivity index (χ3n) is 3.70. The number of aromatic nitrogens is 4. The predicted molar refractivity (Wildman–Crippen MR) is 71.9 cm³/mol. The molecule has 3 rings (SSSR count). The number of nitrogens with one attached hydrogen (secondary N) is 1. The molecule has 0 bridgehead atoms. The third-order valence-corrected chi connectivity index (χ3v) is 3.70. The Labute approximate surface area is 121 Å². The predicted octanol–water partition coefficient (Wildman–Crippen LogP) is -0.828. The molecule has 0 saturated heterocycles. The third kappa shape index (κ3) is 1.73. The molecule has 8 heteroatoms. The molecule has 106 valence electrons. The monoisotopic (exact) mass is 282 g/mol. The topological polar surface area (TPSA) is 130 Å². The number of aromatic amines is 1. The molecule has 0 aromatic carbocycles. The number of rotatable bonds is 5. The number of hydrogen-bond acceptors (Lipinski definition) is 6. The highest BCUT2D eigenvalue weighted by molar-refractivity contribution is 5.70. The van der Waals surface area contributed by atoms with E-state index in [0.717, 1.165) is 0 Å². The van der Waals surface area contributed by atoms with Crippen molar-refractivity contribution in [2.45, 2.75) is 18.6 Å². The lowest BCUT2D eigenvalue weighted by molar-refractivity contribution is 0.101. The summed E-state index contributed by atoms with van der Waals surface area (Å²) >= 11 is 0. The maximum absolute atomic E-state index is 12.2. The first kappa shape index (κ1) is 8.18. The Morgan fingerprint density at radius 2 is 2.70 bits per heavy atom. The van der Waals surface area contributed by atoms with Crippen LogP contribution in [0.1, 0.15) is 12.5 Å². The fourth-order valence-electron chi connectivity index (χ4n) is 2.64.